The van der Waals surface area contributed by atoms with Gasteiger partial charge in [0.05, 0.1) is 17.3 Å². The van der Waals surface area contributed by atoms with Crippen molar-refractivity contribution in [2.45, 2.75) is 52.7 Å². The first-order chi connectivity index (χ1) is 19.1. The monoisotopic (exact) mass is 541 g/mol. The molecule has 0 radical (unpaired) electrons. The van der Waals surface area contributed by atoms with Crippen molar-refractivity contribution in [2.24, 2.45) is 0 Å². The van der Waals surface area contributed by atoms with Crippen molar-refractivity contribution < 1.29 is 18.7 Å². The summed E-state index contributed by atoms with van der Waals surface area (Å²) in [4.78, 5) is 30.8. The van der Waals surface area contributed by atoms with Crippen LogP contribution >= 0.6 is 0 Å². The molecule has 1 aliphatic heterocycles. The van der Waals surface area contributed by atoms with Crippen LogP contribution in [0.25, 0.3) is 16.9 Å². The number of aryl methyl sites for hydroxylation is 2. The minimum absolute atomic E-state index is 0.110. The highest BCUT2D eigenvalue weighted by Gasteiger charge is 2.37. The van der Waals surface area contributed by atoms with Gasteiger partial charge in [-0.15, -0.1) is 10.2 Å². The van der Waals surface area contributed by atoms with Gasteiger partial charge in [0.2, 0.25) is 11.8 Å². The molecule has 5 rings (SSSR count). The SMILES string of the molecule is Cc1nnc(CC2CN(C(=O)OC(C)(C)C)CCN2C(=O)c2cc(C)n(-c3ccccc3)c2-c2ccccc2)o1. The Labute approximate surface area is 234 Å². The van der Waals surface area contributed by atoms with Gasteiger partial charge in [-0.3, -0.25) is 4.79 Å². The van der Waals surface area contributed by atoms with Crippen molar-refractivity contribution in [1.82, 2.24) is 24.6 Å². The summed E-state index contributed by atoms with van der Waals surface area (Å²) in [5.74, 6) is 0.768. The second kappa shape index (κ2) is 11.0. The summed E-state index contributed by atoms with van der Waals surface area (Å²) in [5.41, 5.74) is 3.68. The Morgan fingerprint density at radius 1 is 0.975 bits per heavy atom. The minimum atomic E-state index is -0.619. The van der Waals surface area contributed by atoms with E-state index in [1.165, 1.54) is 0 Å². The molecule has 3 heterocycles. The standard InChI is InChI=1S/C31H35N5O4/c1-21-18-26(28(23-12-8-6-9-13-23)36(21)24-14-10-7-11-15-24)29(37)35-17-16-34(30(38)40-31(3,4)5)20-25(35)19-27-33-32-22(2)39-27/h6-15,18,25H,16-17,19-20H2,1-5H3. The average molecular weight is 542 g/mol. The van der Waals surface area contributed by atoms with Crippen molar-refractivity contribution in [3.8, 4) is 16.9 Å². The van der Waals surface area contributed by atoms with Gasteiger partial charge in [-0.2, -0.15) is 0 Å². The summed E-state index contributed by atoms with van der Waals surface area (Å²) in [7, 11) is 0. The average Bonchev–Trinajstić information content (AvgIpc) is 3.50. The number of amides is 2. The summed E-state index contributed by atoms with van der Waals surface area (Å²) in [6.07, 6.45) is -0.0763. The van der Waals surface area contributed by atoms with Crippen LogP contribution in [0.2, 0.25) is 0 Å². The molecule has 208 valence electrons. The lowest BCUT2D eigenvalue weighted by Gasteiger charge is -2.41. The number of aromatic nitrogens is 3. The summed E-state index contributed by atoms with van der Waals surface area (Å²) in [6, 6.07) is 21.5. The zero-order valence-corrected chi connectivity index (χ0v) is 23.6. The third-order valence-electron chi connectivity index (χ3n) is 6.85. The zero-order chi connectivity index (χ0) is 28.4. The lowest BCUT2D eigenvalue weighted by Crippen LogP contribution is -2.58. The maximum absolute atomic E-state index is 14.4. The van der Waals surface area contributed by atoms with Gasteiger partial charge >= 0.3 is 6.09 Å². The smallest absolute Gasteiger partial charge is 0.410 e. The number of para-hydroxylation sites is 1. The summed E-state index contributed by atoms with van der Waals surface area (Å²) < 4.78 is 13.4. The van der Waals surface area contributed by atoms with Crippen LogP contribution in [0.15, 0.2) is 71.1 Å². The molecule has 1 fully saturated rings. The van der Waals surface area contributed by atoms with Crippen molar-refractivity contribution in [3.63, 3.8) is 0 Å². The van der Waals surface area contributed by atoms with E-state index in [1.54, 1.807) is 11.8 Å². The van der Waals surface area contributed by atoms with Crippen LogP contribution in [-0.4, -0.2) is 67.8 Å². The number of rotatable bonds is 5. The van der Waals surface area contributed by atoms with E-state index in [0.717, 1.165) is 22.6 Å². The van der Waals surface area contributed by atoms with Gasteiger partial charge in [-0.05, 0) is 51.5 Å². The molecule has 9 heteroatoms. The predicted octanol–water partition coefficient (Wildman–Crippen LogP) is 5.45. The number of hydrogen-bond donors (Lipinski definition) is 0. The number of benzene rings is 2. The number of carbonyl (C=O) groups is 2. The van der Waals surface area contributed by atoms with Crippen LogP contribution < -0.4 is 0 Å². The van der Waals surface area contributed by atoms with E-state index in [1.807, 2.05) is 99.3 Å². The second-order valence-corrected chi connectivity index (χ2v) is 11.1. The highest BCUT2D eigenvalue weighted by atomic mass is 16.6. The van der Waals surface area contributed by atoms with Crippen LogP contribution in [0.3, 0.4) is 0 Å². The van der Waals surface area contributed by atoms with Gasteiger partial charge in [-0.1, -0.05) is 48.5 Å². The highest BCUT2D eigenvalue weighted by Crippen LogP contribution is 2.33. The topological polar surface area (TPSA) is 93.7 Å². The predicted molar refractivity (Wildman–Crippen MR) is 151 cm³/mol. The Balaban J connectivity index is 1.53. The first-order valence-corrected chi connectivity index (χ1v) is 13.5. The molecule has 0 N–H and O–H groups in total. The van der Waals surface area contributed by atoms with Crippen molar-refractivity contribution >= 4 is 12.0 Å². The molecule has 2 amide bonds. The molecular formula is C31H35N5O4. The molecule has 1 saturated heterocycles. The summed E-state index contributed by atoms with van der Waals surface area (Å²) >= 11 is 0. The van der Waals surface area contributed by atoms with Gasteiger partial charge in [0.25, 0.3) is 5.91 Å². The van der Waals surface area contributed by atoms with Crippen molar-refractivity contribution in [3.05, 3.63) is 89.8 Å². The normalized spacial score (nSPS) is 15.8. The fraction of sp³-hybridized carbons (Fsp3) is 0.355. The Morgan fingerprint density at radius 2 is 1.65 bits per heavy atom. The number of piperazine rings is 1. The minimum Gasteiger partial charge on any atom is -0.444 e. The Hall–Kier alpha value is -4.40. The lowest BCUT2D eigenvalue weighted by atomic mass is 10.0. The Kier molecular flexibility index (Phi) is 7.47. The van der Waals surface area contributed by atoms with Crippen LogP contribution in [0.5, 0.6) is 0 Å². The number of nitrogens with zero attached hydrogens (tertiary/aromatic N) is 5. The summed E-state index contributed by atoms with van der Waals surface area (Å²) in [6.45, 7) is 10.3. The molecule has 0 spiro atoms. The molecule has 1 atom stereocenters. The van der Waals surface area contributed by atoms with E-state index in [2.05, 4.69) is 14.8 Å². The van der Waals surface area contributed by atoms with Gasteiger partial charge in [-0.25, -0.2) is 4.79 Å². The highest BCUT2D eigenvalue weighted by molar-refractivity contribution is 6.01. The molecule has 1 unspecified atom stereocenters. The van der Waals surface area contributed by atoms with Crippen molar-refractivity contribution in [1.29, 1.82) is 0 Å². The van der Waals surface area contributed by atoms with E-state index in [9.17, 15) is 9.59 Å². The van der Waals surface area contributed by atoms with Gasteiger partial charge in [0.15, 0.2) is 0 Å². The van der Waals surface area contributed by atoms with E-state index in [-0.39, 0.29) is 11.9 Å². The molecule has 2 aromatic carbocycles. The largest absolute Gasteiger partial charge is 0.444 e. The van der Waals surface area contributed by atoms with Crippen molar-refractivity contribution in [2.75, 3.05) is 19.6 Å². The molecule has 40 heavy (non-hydrogen) atoms. The summed E-state index contributed by atoms with van der Waals surface area (Å²) in [5, 5.41) is 8.12. The first-order valence-electron chi connectivity index (χ1n) is 13.5. The molecule has 1 aliphatic rings. The first kappa shape index (κ1) is 27.2. The van der Waals surface area contributed by atoms with Crippen LogP contribution in [0, 0.1) is 13.8 Å². The van der Waals surface area contributed by atoms with Gasteiger partial charge < -0.3 is 23.5 Å². The van der Waals surface area contributed by atoms with E-state index in [4.69, 9.17) is 9.15 Å². The zero-order valence-electron chi connectivity index (χ0n) is 23.6. The van der Waals surface area contributed by atoms with Gasteiger partial charge in [0, 0.05) is 44.4 Å². The third kappa shape index (κ3) is 5.78. The van der Waals surface area contributed by atoms with Crippen LogP contribution in [0.4, 0.5) is 4.79 Å². The molecule has 0 bridgehead atoms. The molecule has 0 aliphatic carbocycles. The lowest BCUT2D eigenvalue weighted by molar-refractivity contribution is 0.00377. The van der Waals surface area contributed by atoms with Gasteiger partial charge in [0.1, 0.15) is 5.60 Å². The molecule has 2 aromatic heterocycles. The van der Waals surface area contributed by atoms with E-state index < -0.39 is 11.7 Å². The quantitative estimate of drug-likeness (QED) is 0.334. The van der Waals surface area contributed by atoms with E-state index >= 15 is 0 Å². The fourth-order valence-corrected chi connectivity index (χ4v) is 5.16. The molecule has 4 aromatic rings. The molecule has 0 saturated carbocycles. The van der Waals surface area contributed by atoms with Crippen LogP contribution in [0.1, 0.15) is 48.6 Å². The molecular weight excluding hydrogens is 506 g/mol. The third-order valence-corrected chi connectivity index (χ3v) is 6.85. The Bertz CT molecular complexity index is 1490. The fourth-order valence-electron chi connectivity index (χ4n) is 5.16. The maximum Gasteiger partial charge on any atom is 0.410 e. The number of ether oxygens (including phenoxy) is 1. The Morgan fingerprint density at radius 3 is 2.27 bits per heavy atom. The number of hydrogen-bond acceptors (Lipinski definition) is 6. The number of carbonyl (C=O) groups excluding carboxylic acids is 2. The second-order valence-electron chi connectivity index (χ2n) is 11.1. The maximum atomic E-state index is 14.4. The van der Waals surface area contributed by atoms with Crippen LogP contribution in [-0.2, 0) is 11.2 Å². The van der Waals surface area contributed by atoms with E-state index in [0.29, 0.717) is 43.4 Å². The molecule has 9 nitrogen and oxygen atoms in total.